The Kier molecular flexibility index (Phi) is 4.41. The molecule has 0 unspecified atom stereocenters. The van der Waals surface area contributed by atoms with E-state index in [1.807, 2.05) is 52.9 Å². The third-order valence-electron chi connectivity index (χ3n) is 4.56. The molecule has 0 atom stereocenters. The number of nitrogens with zero attached hydrogens (tertiary/aromatic N) is 1. The van der Waals surface area contributed by atoms with Crippen LogP contribution < -0.4 is 14.4 Å². The first-order chi connectivity index (χ1) is 11.7. The van der Waals surface area contributed by atoms with Crippen molar-refractivity contribution in [1.29, 1.82) is 0 Å². The summed E-state index contributed by atoms with van der Waals surface area (Å²) < 4.78 is 34.4. The van der Waals surface area contributed by atoms with Crippen LogP contribution in [0.5, 0.6) is 5.75 Å². The van der Waals surface area contributed by atoms with Crippen molar-refractivity contribution in [2.24, 2.45) is 0 Å². The van der Waals surface area contributed by atoms with Crippen LogP contribution >= 0.6 is 0 Å². The van der Waals surface area contributed by atoms with Crippen molar-refractivity contribution in [2.45, 2.75) is 32.6 Å². The minimum absolute atomic E-state index is 0.251. The van der Waals surface area contributed by atoms with Crippen LogP contribution in [0.2, 0.25) is 0 Å². The predicted molar refractivity (Wildman–Crippen MR) is 101 cm³/mol. The van der Waals surface area contributed by atoms with Gasteiger partial charge in [-0.1, -0.05) is 17.7 Å². The second-order valence-corrected chi connectivity index (χ2v) is 8.39. The second-order valence-electron chi connectivity index (χ2n) is 6.73. The minimum atomic E-state index is -3.70. The zero-order chi connectivity index (χ0) is 18.4. The van der Waals surface area contributed by atoms with E-state index in [0.29, 0.717) is 23.6 Å². The lowest BCUT2D eigenvalue weighted by Crippen LogP contribution is -2.29. The van der Waals surface area contributed by atoms with Crippen molar-refractivity contribution in [2.75, 3.05) is 29.8 Å². The molecule has 0 aliphatic carbocycles. The van der Waals surface area contributed by atoms with Crippen LogP contribution in [0.1, 0.15) is 22.3 Å². The van der Waals surface area contributed by atoms with Crippen molar-refractivity contribution < 1.29 is 13.2 Å². The van der Waals surface area contributed by atoms with Gasteiger partial charge in [-0.05, 0) is 50.5 Å². The van der Waals surface area contributed by atoms with Gasteiger partial charge in [-0.15, -0.1) is 0 Å². The van der Waals surface area contributed by atoms with Gasteiger partial charge in [0.05, 0.1) is 22.8 Å². The van der Waals surface area contributed by atoms with Crippen molar-refractivity contribution in [1.82, 2.24) is 0 Å². The minimum Gasteiger partial charge on any atom is -0.490 e. The van der Waals surface area contributed by atoms with Gasteiger partial charge in [0.1, 0.15) is 12.4 Å². The normalized spacial score (nSPS) is 14.0. The van der Waals surface area contributed by atoms with E-state index in [2.05, 4.69) is 9.62 Å². The Morgan fingerprint density at radius 2 is 1.64 bits per heavy atom. The largest absolute Gasteiger partial charge is 0.490 e. The summed E-state index contributed by atoms with van der Waals surface area (Å²) in [6.07, 6.45) is 0. The maximum Gasteiger partial charge on any atom is 0.262 e. The van der Waals surface area contributed by atoms with Crippen LogP contribution in [0.25, 0.3) is 0 Å². The fraction of sp³-hybridized carbons (Fsp3) is 0.368. The molecule has 0 amide bonds. The Labute approximate surface area is 149 Å². The molecular formula is C19H24N2O3S. The first kappa shape index (κ1) is 17.6. The highest BCUT2D eigenvalue weighted by Gasteiger charge is 2.24. The van der Waals surface area contributed by atoms with Crippen LogP contribution in [0.3, 0.4) is 0 Å². The predicted octanol–water partition coefficient (Wildman–Crippen LogP) is 3.55. The molecule has 5 nitrogen and oxygen atoms in total. The van der Waals surface area contributed by atoms with E-state index in [-0.39, 0.29) is 4.90 Å². The highest BCUT2D eigenvalue weighted by atomic mass is 32.2. The summed E-state index contributed by atoms with van der Waals surface area (Å²) in [5.41, 5.74) is 5.19. The van der Waals surface area contributed by atoms with E-state index >= 15 is 0 Å². The molecule has 1 N–H and O–H groups in total. The Morgan fingerprint density at radius 1 is 1.00 bits per heavy atom. The Hall–Kier alpha value is -2.21. The van der Waals surface area contributed by atoms with Crippen LogP contribution in [-0.4, -0.2) is 28.6 Å². The zero-order valence-corrected chi connectivity index (χ0v) is 16.1. The third-order valence-corrected chi connectivity index (χ3v) is 6.05. The standard InChI is InChI=1S/C19H24N2O3S/c1-12-8-14(3)19(15(4)9-12)20-25(22,23)18-11-17-16(10-13(18)2)21(5)6-7-24-17/h8-11,20H,6-7H2,1-5H3. The van der Waals surface area contributed by atoms with E-state index in [1.54, 1.807) is 6.07 Å². The highest BCUT2D eigenvalue weighted by Crippen LogP contribution is 2.36. The van der Waals surface area contributed by atoms with Crippen molar-refractivity contribution in [3.63, 3.8) is 0 Å². The van der Waals surface area contributed by atoms with E-state index in [4.69, 9.17) is 4.74 Å². The summed E-state index contributed by atoms with van der Waals surface area (Å²) >= 11 is 0. The number of fused-ring (bicyclic) bond motifs is 1. The molecule has 0 spiro atoms. The average Bonchev–Trinajstić information content (AvgIpc) is 2.51. The van der Waals surface area contributed by atoms with Crippen molar-refractivity contribution >= 4 is 21.4 Å². The number of aryl methyl sites for hydroxylation is 4. The Bertz CT molecular complexity index is 913. The lowest BCUT2D eigenvalue weighted by Gasteiger charge is -2.28. The molecule has 0 radical (unpaired) electrons. The SMILES string of the molecule is Cc1cc(C)c(NS(=O)(=O)c2cc3c(cc2C)N(C)CCO3)c(C)c1. The maximum absolute atomic E-state index is 13.0. The number of likely N-dealkylation sites (N-methyl/N-ethyl adjacent to an activating group) is 1. The van der Waals surface area contributed by atoms with Crippen LogP contribution in [-0.2, 0) is 10.0 Å². The van der Waals surface area contributed by atoms with Gasteiger partial charge in [-0.2, -0.15) is 0 Å². The van der Waals surface area contributed by atoms with Crippen LogP contribution in [0.15, 0.2) is 29.2 Å². The number of ether oxygens (including phenoxy) is 1. The lowest BCUT2D eigenvalue weighted by atomic mass is 10.1. The van der Waals surface area contributed by atoms with E-state index in [1.165, 1.54) is 0 Å². The topological polar surface area (TPSA) is 58.6 Å². The lowest BCUT2D eigenvalue weighted by molar-refractivity contribution is 0.310. The molecular weight excluding hydrogens is 336 g/mol. The molecule has 1 aliphatic rings. The number of rotatable bonds is 3. The van der Waals surface area contributed by atoms with Gasteiger partial charge in [0.15, 0.2) is 0 Å². The summed E-state index contributed by atoms with van der Waals surface area (Å²) in [4.78, 5) is 2.32. The monoisotopic (exact) mass is 360 g/mol. The zero-order valence-electron chi connectivity index (χ0n) is 15.3. The van der Waals surface area contributed by atoms with E-state index < -0.39 is 10.0 Å². The maximum atomic E-state index is 13.0. The summed E-state index contributed by atoms with van der Waals surface area (Å²) in [6.45, 7) is 8.98. The smallest absolute Gasteiger partial charge is 0.262 e. The van der Waals surface area contributed by atoms with E-state index in [9.17, 15) is 8.42 Å². The van der Waals surface area contributed by atoms with Gasteiger partial charge in [-0.25, -0.2) is 8.42 Å². The molecule has 0 saturated carbocycles. The summed E-state index contributed by atoms with van der Waals surface area (Å²) in [7, 11) is -1.72. The van der Waals surface area contributed by atoms with Gasteiger partial charge in [0.25, 0.3) is 10.0 Å². The van der Waals surface area contributed by atoms with Gasteiger partial charge in [-0.3, -0.25) is 4.72 Å². The van der Waals surface area contributed by atoms with Crippen LogP contribution in [0.4, 0.5) is 11.4 Å². The van der Waals surface area contributed by atoms with Crippen LogP contribution in [0, 0.1) is 27.7 Å². The fourth-order valence-electron chi connectivity index (χ4n) is 3.30. The molecule has 3 rings (SSSR count). The third kappa shape index (κ3) is 3.31. The molecule has 0 bridgehead atoms. The Morgan fingerprint density at radius 3 is 2.28 bits per heavy atom. The average molecular weight is 360 g/mol. The van der Waals surface area contributed by atoms with Gasteiger partial charge in [0.2, 0.25) is 0 Å². The number of anilines is 2. The molecule has 6 heteroatoms. The van der Waals surface area contributed by atoms with Gasteiger partial charge >= 0.3 is 0 Å². The molecule has 1 heterocycles. The number of benzene rings is 2. The molecule has 0 aromatic heterocycles. The molecule has 2 aromatic rings. The van der Waals surface area contributed by atoms with Crippen molar-refractivity contribution in [3.05, 3.63) is 46.5 Å². The number of hydrogen-bond acceptors (Lipinski definition) is 4. The molecule has 0 fully saturated rings. The molecule has 134 valence electrons. The molecule has 1 aliphatic heterocycles. The number of hydrogen-bond donors (Lipinski definition) is 1. The highest BCUT2D eigenvalue weighted by molar-refractivity contribution is 7.92. The second kappa shape index (κ2) is 6.26. The summed E-state index contributed by atoms with van der Waals surface area (Å²) in [5, 5.41) is 0. The number of sulfonamides is 1. The van der Waals surface area contributed by atoms with Crippen molar-refractivity contribution in [3.8, 4) is 5.75 Å². The van der Waals surface area contributed by atoms with Gasteiger partial charge in [0, 0.05) is 13.1 Å². The Balaban J connectivity index is 2.04. The molecule has 2 aromatic carbocycles. The van der Waals surface area contributed by atoms with E-state index in [0.717, 1.165) is 28.9 Å². The summed E-state index contributed by atoms with van der Waals surface area (Å²) in [6, 6.07) is 7.45. The molecule has 25 heavy (non-hydrogen) atoms. The first-order valence-electron chi connectivity index (χ1n) is 8.28. The summed E-state index contributed by atoms with van der Waals surface area (Å²) in [5.74, 6) is 0.608. The number of nitrogens with one attached hydrogen (secondary N) is 1. The fourth-order valence-corrected chi connectivity index (χ4v) is 4.75. The van der Waals surface area contributed by atoms with Gasteiger partial charge < -0.3 is 9.64 Å². The molecule has 0 saturated heterocycles. The first-order valence-corrected chi connectivity index (χ1v) is 9.76. The quantitative estimate of drug-likeness (QED) is 0.909.